The van der Waals surface area contributed by atoms with Crippen LogP contribution in [0.25, 0.3) is 0 Å². The number of hydrogen-bond donors (Lipinski definition) is 0. The van der Waals surface area contributed by atoms with Crippen molar-refractivity contribution in [3.05, 3.63) is 29.9 Å². The quantitative estimate of drug-likeness (QED) is 0.804. The van der Waals surface area contributed by atoms with E-state index in [-0.39, 0.29) is 5.25 Å². The standard InChI is InChI=1S/C15H18N2O3S/c1-3-14-16-15(20-17-14)10(2)21-11-5-6-12-13(9-11)19-8-4-7-18-12/h5-6,9-10H,3-4,7-8H2,1-2H3. The highest BCUT2D eigenvalue weighted by Crippen LogP contribution is 2.39. The molecule has 6 heteroatoms. The van der Waals surface area contributed by atoms with E-state index in [4.69, 9.17) is 14.0 Å². The van der Waals surface area contributed by atoms with Crippen LogP contribution in [-0.2, 0) is 6.42 Å². The van der Waals surface area contributed by atoms with Gasteiger partial charge in [-0.1, -0.05) is 12.1 Å². The van der Waals surface area contributed by atoms with Crippen LogP contribution >= 0.6 is 11.8 Å². The van der Waals surface area contributed by atoms with Crippen molar-refractivity contribution in [2.75, 3.05) is 13.2 Å². The first kappa shape index (κ1) is 14.3. The molecule has 1 atom stereocenters. The summed E-state index contributed by atoms with van der Waals surface area (Å²) in [5.74, 6) is 3.03. The zero-order chi connectivity index (χ0) is 14.7. The maximum Gasteiger partial charge on any atom is 0.239 e. The van der Waals surface area contributed by atoms with Crippen LogP contribution in [0.2, 0.25) is 0 Å². The molecule has 0 radical (unpaired) electrons. The Bertz CT molecular complexity index is 615. The number of fused-ring (bicyclic) bond motifs is 1. The highest BCUT2D eigenvalue weighted by Gasteiger charge is 2.17. The van der Waals surface area contributed by atoms with Gasteiger partial charge in [0, 0.05) is 17.7 Å². The van der Waals surface area contributed by atoms with E-state index in [2.05, 4.69) is 17.1 Å². The van der Waals surface area contributed by atoms with E-state index in [1.165, 1.54) is 0 Å². The average Bonchev–Trinajstić information content (AvgIpc) is 2.86. The molecule has 0 saturated carbocycles. The Labute approximate surface area is 128 Å². The molecule has 0 bridgehead atoms. The van der Waals surface area contributed by atoms with Crippen molar-refractivity contribution in [2.45, 2.75) is 36.8 Å². The van der Waals surface area contributed by atoms with E-state index < -0.39 is 0 Å². The molecule has 1 aromatic carbocycles. The maximum atomic E-state index is 5.71. The predicted octanol–water partition coefficient (Wildman–Crippen LogP) is 3.65. The van der Waals surface area contributed by atoms with Gasteiger partial charge in [0.2, 0.25) is 5.89 Å². The second kappa shape index (κ2) is 6.39. The van der Waals surface area contributed by atoms with E-state index in [9.17, 15) is 0 Å². The van der Waals surface area contributed by atoms with Crippen LogP contribution < -0.4 is 9.47 Å². The van der Waals surface area contributed by atoms with Crippen molar-refractivity contribution in [2.24, 2.45) is 0 Å². The Hall–Kier alpha value is -1.69. The summed E-state index contributed by atoms with van der Waals surface area (Å²) in [6.45, 7) is 5.47. The van der Waals surface area contributed by atoms with E-state index in [0.29, 0.717) is 19.1 Å². The van der Waals surface area contributed by atoms with Crippen LogP contribution in [-0.4, -0.2) is 23.4 Å². The van der Waals surface area contributed by atoms with Crippen molar-refractivity contribution in [1.82, 2.24) is 10.1 Å². The van der Waals surface area contributed by atoms with Crippen LogP contribution in [0.5, 0.6) is 11.5 Å². The summed E-state index contributed by atoms with van der Waals surface area (Å²) in [7, 11) is 0. The lowest BCUT2D eigenvalue weighted by atomic mass is 10.3. The Morgan fingerprint density at radius 2 is 2.05 bits per heavy atom. The SMILES string of the molecule is CCc1noc(C(C)Sc2ccc3c(c2)OCCCO3)n1. The van der Waals surface area contributed by atoms with Crippen LogP contribution in [0.1, 0.15) is 37.2 Å². The molecule has 0 aliphatic carbocycles. The summed E-state index contributed by atoms with van der Waals surface area (Å²) in [6.07, 6.45) is 1.69. The molecule has 3 rings (SSSR count). The Balaban J connectivity index is 1.73. The van der Waals surface area contributed by atoms with Gasteiger partial charge in [0.15, 0.2) is 17.3 Å². The average molecular weight is 306 g/mol. The molecule has 0 N–H and O–H groups in total. The maximum absolute atomic E-state index is 5.71. The first-order valence-corrected chi connectivity index (χ1v) is 8.03. The minimum absolute atomic E-state index is 0.0996. The molecule has 2 heterocycles. The van der Waals surface area contributed by atoms with Crippen LogP contribution in [0.4, 0.5) is 0 Å². The summed E-state index contributed by atoms with van der Waals surface area (Å²) in [5, 5.41) is 4.04. The largest absolute Gasteiger partial charge is 0.490 e. The fourth-order valence-corrected chi connectivity index (χ4v) is 2.97. The molecule has 2 aromatic rings. The van der Waals surface area contributed by atoms with Crippen molar-refractivity contribution in [3.63, 3.8) is 0 Å². The summed E-state index contributed by atoms with van der Waals surface area (Å²) >= 11 is 1.67. The molecule has 5 nitrogen and oxygen atoms in total. The molecular formula is C15H18N2O3S. The molecule has 1 unspecified atom stereocenters. The number of hydrogen-bond acceptors (Lipinski definition) is 6. The van der Waals surface area contributed by atoms with Crippen LogP contribution in [0.15, 0.2) is 27.6 Å². The normalized spacial score (nSPS) is 15.5. The second-order valence-electron chi connectivity index (χ2n) is 4.82. The molecule has 0 spiro atoms. The number of rotatable bonds is 4. The number of benzene rings is 1. The van der Waals surface area contributed by atoms with Gasteiger partial charge >= 0.3 is 0 Å². The molecule has 1 aliphatic rings. The number of thioether (sulfide) groups is 1. The van der Waals surface area contributed by atoms with Crippen molar-refractivity contribution >= 4 is 11.8 Å². The van der Waals surface area contributed by atoms with Crippen molar-refractivity contribution < 1.29 is 14.0 Å². The lowest BCUT2D eigenvalue weighted by Crippen LogP contribution is -1.97. The second-order valence-corrected chi connectivity index (χ2v) is 6.24. The van der Waals surface area contributed by atoms with E-state index >= 15 is 0 Å². The van der Waals surface area contributed by atoms with Crippen LogP contribution in [0.3, 0.4) is 0 Å². The topological polar surface area (TPSA) is 57.4 Å². The summed E-state index contributed by atoms with van der Waals surface area (Å²) < 4.78 is 16.6. The molecule has 1 aromatic heterocycles. The Morgan fingerprint density at radius 3 is 2.81 bits per heavy atom. The predicted molar refractivity (Wildman–Crippen MR) is 80.0 cm³/mol. The fraction of sp³-hybridized carbons (Fsp3) is 0.467. The Morgan fingerprint density at radius 1 is 1.24 bits per heavy atom. The molecule has 0 amide bonds. The van der Waals surface area contributed by atoms with Gasteiger partial charge in [0.25, 0.3) is 0 Å². The number of ether oxygens (including phenoxy) is 2. The lowest BCUT2D eigenvalue weighted by Gasteiger charge is -2.10. The van der Waals surface area contributed by atoms with Gasteiger partial charge in [-0.3, -0.25) is 0 Å². The van der Waals surface area contributed by atoms with Gasteiger partial charge in [-0.15, -0.1) is 11.8 Å². The van der Waals surface area contributed by atoms with Crippen molar-refractivity contribution in [1.29, 1.82) is 0 Å². The zero-order valence-corrected chi connectivity index (χ0v) is 13.0. The fourth-order valence-electron chi connectivity index (χ4n) is 2.05. The summed E-state index contributed by atoms with van der Waals surface area (Å²) in [4.78, 5) is 5.47. The first-order chi connectivity index (χ1) is 10.3. The third-order valence-corrected chi connectivity index (χ3v) is 4.26. The Kier molecular flexibility index (Phi) is 4.34. The van der Waals surface area contributed by atoms with E-state index in [0.717, 1.165) is 35.1 Å². The van der Waals surface area contributed by atoms with Gasteiger partial charge in [-0.25, -0.2) is 0 Å². The molecule has 21 heavy (non-hydrogen) atoms. The van der Waals surface area contributed by atoms with E-state index in [1.54, 1.807) is 11.8 Å². The van der Waals surface area contributed by atoms with Gasteiger partial charge in [0.1, 0.15) is 0 Å². The smallest absolute Gasteiger partial charge is 0.239 e. The number of nitrogens with zero attached hydrogens (tertiary/aromatic N) is 2. The first-order valence-electron chi connectivity index (χ1n) is 7.15. The molecule has 0 fully saturated rings. The zero-order valence-electron chi connectivity index (χ0n) is 12.2. The van der Waals surface area contributed by atoms with Crippen molar-refractivity contribution in [3.8, 4) is 11.5 Å². The summed E-state index contributed by atoms with van der Waals surface area (Å²) in [5.41, 5.74) is 0. The minimum atomic E-state index is 0.0996. The number of aromatic nitrogens is 2. The van der Waals surface area contributed by atoms with Crippen LogP contribution in [0, 0.1) is 0 Å². The lowest BCUT2D eigenvalue weighted by molar-refractivity contribution is 0.297. The van der Waals surface area contributed by atoms with Gasteiger partial charge in [-0.2, -0.15) is 4.98 Å². The monoisotopic (exact) mass is 306 g/mol. The van der Waals surface area contributed by atoms with Gasteiger partial charge in [-0.05, 0) is 25.1 Å². The highest BCUT2D eigenvalue weighted by atomic mass is 32.2. The van der Waals surface area contributed by atoms with Gasteiger partial charge in [0.05, 0.1) is 18.5 Å². The van der Waals surface area contributed by atoms with Gasteiger partial charge < -0.3 is 14.0 Å². The third kappa shape index (κ3) is 3.32. The molecule has 1 aliphatic heterocycles. The highest BCUT2D eigenvalue weighted by molar-refractivity contribution is 7.99. The summed E-state index contributed by atoms with van der Waals surface area (Å²) in [6, 6.07) is 6.01. The van der Waals surface area contributed by atoms with E-state index in [1.807, 2.05) is 25.1 Å². The number of aryl methyl sites for hydroxylation is 1. The molecule has 0 saturated heterocycles. The molecular weight excluding hydrogens is 288 g/mol. The minimum Gasteiger partial charge on any atom is -0.490 e. The molecule has 112 valence electrons. The third-order valence-electron chi connectivity index (χ3n) is 3.18.